The van der Waals surface area contributed by atoms with Crippen molar-refractivity contribution in [2.75, 3.05) is 0 Å². The van der Waals surface area contributed by atoms with Crippen molar-refractivity contribution in [3.05, 3.63) is 64.8 Å². The van der Waals surface area contributed by atoms with Crippen LogP contribution in [0.1, 0.15) is 34.1 Å². The molecule has 0 aliphatic rings. The molecule has 0 saturated heterocycles. The summed E-state index contributed by atoms with van der Waals surface area (Å²) in [7, 11) is 0. The SMILES string of the molecule is Cc1ccc(C)c(-n2nnnc2S[C@@H](C)C(=O)c2c(C)[nH]c3ccccc23)c1. The summed E-state index contributed by atoms with van der Waals surface area (Å²) in [6, 6.07) is 14.0. The van der Waals surface area contributed by atoms with E-state index in [0.717, 1.165) is 39.0 Å². The minimum absolute atomic E-state index is 0.0652. The van der Waals surface area contributed by atoms with Gasteiger partial charge in [0.25, 0.3) is 0 Å². The molecule has 28 heavy (non-hydrogen) atoms. The molecule has 2 heterocycles. The number of Topliss-reactive ketones (excluding diaryl/α,β-unsaturated/α-hetero) is 1. The van der Waals surface area contributed by atoms with Gasteiger partial charge >= 0.3 is 0 Å². The van der Waals surface area contributed by atoms with Gasteiger partial charge in [0, 0.05) is 22.2 Å². The number of fused-ring (bicyclic) bond motifs is 1. The summed E-state index contributed by atoms with van der Waals surface area (Å²) < 4.78 is 1.71. The van der Waals surface area contributed by atoms with Crippen molar-refractivity contribution < 1.29 is 4.79 Å². The molecule has 142 valence electrons. The predicted octanol–water partition coefficient (Wildman–Crippen LogP) is 4.43. The van der Waals surface area contributed by atoms with Gasteiger partial charge in [0.1, 0.15) is 0 Å². The number of benzene rings is 2. The Labute approximate surface area is 167 Å². The molecule has 0 bridgehead atoms. The summed E-state index contributed by atoms with van der Waals surface area (Å²) in [4.78, 5) is 16.5. The number of carbonyl (C=O) groups is 1. The fraction of sp³-hybridized carbons (Fsp3) is 0.238. The number of ketones is 1. The quantitative estimate of drug-likeness (QED) is 0.402. The lowest BCUT2D eigenvalue weighted by Gasteiger charge is -2.12. The van der Waals surface area contributed by atoms with Gasteiger partial charge in [-0.2, -0.15) is 4.68 Å². The molecule has 4 aromatic rings. The molecule has 0 amide bonds. The van der Waals surface area contributed by atoms with Gasteiger partial charge in [0.05, 0.1) is 10.9 Å². The number of thioether (sulfide) groups is 1. The van der Waals surface area contributed by atoms with E-state index in [9.17, 15) is 4.79 Å². The Hall–Kier alpha value is -2.93. The van der Waals surface area contributed by atoms with Crippen molar-refractivity contribution in [1.29, 1.82) is 0 Å². The van der Waals surface area contributed by atoms with E-state index in [2.05, 4.69) is 26.6 Å². The number of tetrazole rings is 1. The molecule has 0 radical (unpaired) electrons. The molecule has 2 aromatic carbocycles. The maximum atomic E-state index is 13.2. The largest absolute Gasteiger partial charge is 0.358 e. The second-order valence-electron chi connectivity index (χ2n) is 6.96. The third-order valence-electron chi connectivity index (χ3n) is 4.83. The van der Waals surface area contributed by atoms with Crippen molar-refractivity contribution in [1.82, 2.24) is 25.2 Å². The van der Waals surface area contributed by atoms with Crippen molar-refractivity contribution in [3.8, 4) is 5.69 Å². The van der Waals surface area contributed by atoms with E-state index in [1.54, 1.807) is 4.68 Å². The summed E-state index contributed by atoms with van der Waals surface area (Å²) in [6.07, 6.45) is 0. The standard InChI is InChI=1S/C21H21N5OS/c1-12-9-10-13(2)18(11-12)26-21(23-24-25-26)28-15(4)20(27)19-14(3)22-17-8-6-5-7-16(17)19/h5-11,15,22H,1-4H3/t15-/m0/s1. The van der Waals surface area contributed by atoms with Gasteiger partial charge in [-0.25, -0.2) is 0 Å². The van der Waals surface area contributed by atoms with Gasteiger partial charge in [-0.15, -0.1) is 5.10 Å². The molecule has 0 spiro atoms. The monoisotopic (exact) mass is 391 g/mol. The zero-order valence-corrected chi connectivity index (χ0v) is 17.0. The molecule has 2 aromatic heterocycles. The summed E-state index contributed by atoms with van der Waals surface area (Å²) in [5.41, 5.74) is 5.72. The van der Waals surface area contributed by atoms with Gasteiger partial charge in [-0.3, -0.25) is 4.79 Å². The zero-order valence-electron chi connectivity index (χ0n) is 16.2. The number of hydrogen-bond donors (Lipinski definition) is 1. The molecule has 0 aliphatic heterocycles. The lowest BCUT2D eigenvalue weighted by molar-refractivity contribution is 0.0995. The van der Waals surface area contributed by atoms with Gasteiger partial charge in [0.15, 0.2) is 5.78 Å². The maximum Gasteiger partial charge on any atom is 0.214 e. The number of rotatable bonds is 5. The highest BCUT2D eigenvalue weighted by Crippen LogP contribution is 2.30. The van der Waals surface area contributed by atoms with Crippen LogP contribution in [0, 0.1) is 20.8 Å². The highest BCUT2D eigenvalue weighted by Gasteiger charge is 2.24. The molecule has 0 fully saturated rings. The number of nitrogens with one attached hydrogen (secondary N) is 1. The second kappa shape index (κ2) is 7.24. The Bertz CT molecular complexity index is 1180. The van der Waals surface area contributed by atoms with Gasteiger partial charge in [-0.1, -0.05) is 42.1 Å². The summed E-state index contributed by atoms with van der Waals surface area (Å²) in [5.74, 6) is 0.0652. The lowest BCUT2D eigenvalue weighted by atomic mass is 10.1. The van der Waals surface area contributed by atoms with Gasteiger partial charge in [0.2, 0.25) is 5.16 Å². The molecule has 0 unspecified atom stereocenters. The summed E-state index contributed by atoms with van der Waals surface area (Å²) in [6.45, 7) is 7.89. The average molecular weight is 392 g/mol. The van der Waals surface area contributed by atoms with Crippen LogP contribution in [-0.2, 0) is 0 Å². The topological polar surface area (TPSA) is 76.5 Å². The van der Waals surface area contributed by atoms with Crippen LogP contribution in [0.4, 0.5) is 0 Å². The van der Waals surface area contributed by atoms with Crippen LogP contribution in [0.5, 0.6) is 0 Å². The number of para-hydroxylation sites is 1. The van der Waals surface area contributed by atoms with Crippen LogP contribution in [0.2, 0.25) is 0 Å². The molecule has 4 rings (SSSR count). The zero-order chi connectivity index (χ0) is 19.8. The third-order valence-corrected chi connectivity index (χ3v) is 5.86. The fourth-order valence-electron chi connectivity index (χ4n) is 3.36. The number of H-pyrrole nitrogens is 1. The molecule has 6 nitrogen and oxygen atoms in total. The second-order valence-corrected chi connectivity index (χ2v) is 8.27. The molecular weight excluding hydrogens is 370 g/mol. The Morgan fingerprint density at radius 1 is 1.14 bits per heavy atom. The summed E-state index contributed by atoms with van der Waals surface area (Å²) >= 11 is 1.37. The normalized spacial score (nSPS) is 12.4. The first-order chi connectivity index (χ1) is 13.5. The Kier molecular flexibility index (Phi) is 4.77. The minimum Gasteiger partial charge on any atom is -0.358 e. The van der Waals surface area contributed by atoms with E-state index in [4.69, 9.17) is 0 Å². The first-order valence-corrected chi connectivity index (χ1v) is 9.98. The fourth-order valence-corrected chi connectivity index (χ4v) is 4.22. The number of nitrogens with zero attached hydrogens (tertiary/aromatic N) is 4. The average Bonchev–Trinajstić information content (AvgIpc) is 3.26. The first kappa shape index (κ1) is 18.4. The number of aryl methyl sites for hydroxylation is 3. The number of aromatic nitrogens is 5. The first-order valence-electron chi connectivity index (χ1n) is 9.10. The van der Waals surface area contributed by atoms with Crippen LogP contribution < -0.4 is 0 Å². The lowest BCUT2D eigenvalue weighted by Crippen LogP contribution is -2.15. The maximum absolute atomic E-state index is 13.2. The van der Waals surface area contributed by atoms with Gasteiger partial charge < -0.3 is 4.98 Å². The van der Waals surface area contributed by atoms with E-state index >= 15 is 0 Å². The number of carbonyl (C=O) groups excluding carboxylic acids is 1. The predicted molar refractivity (Wildman–Crippen MR) is 111 cm³/mol. The Balaban J connectivity index is 1.65. The van der Waals surface area contributed by atoms with Crippen LogP contribution in [0.3, 0.4) is 0 Å². The molecule has 0 aliphatic carbocycles. The van der Waals surface area contributed by atoms with Crippen molar-refractivity contribution >= 4 is 28.4 Å². The van der Waals surface area contributed by atoms with Crippen LogP contribution in [-0.4, -0.2) is 36.2 Å². The molecule has 7 heteroatoms. The van der Waals surface area contributed by atoms with E-state index < -0.39 is 0 Å². The molecule has 0 saturated carbocycles. The smallest absolute Gasteiger partial charge is 0.214 e. The van der Waals surface area contributed by atoms with Crippen molar-refractivity contribution in [2.45, 2.75) is 38.1 Å². The third kappa shape index (κ3) is 3.22. The van der Waals surface area contributed by atoms with Crippen LogP contribution >= 0.6 is 11.8 Å². The van der Waals surface area contributed by atoms with Gasteiger partial charge in [-0.05, 0) is 61.4 Å². The van der Waals surface area contributed by atoms with E-state index in [-0.39, 0.29) is 11.0 Å². The van der Waals surface area contributed by atoms with E-state index in [1.165, 1.54) is 11.8 Å². The Morgan fingerprint density at radius 2 is 1.93 bits per heavy atom. The Morgan fingerprint density at radius 3 is 2.75 bits per heavy atom. The highest BCUT2D eigenvalue weighted by atomic mass is 32.2. The molecule has 1 N–H and O–H groups in total. The van der Waals surface area contributed by atoms with E-state index in [1.807, 2.05) is 64.1 Å². The minimum atomic E-state index is -0.326. The molecular formula is C21H21N5OS. The van der Waals surface area contributed by atoms with Crippen molar-refractivity contribution in [3.63, 3.8) is 0 Å². The number of aromatic amines is 1. The van der Waals surface area contributed by atoms with Crippen molar-refractivity contribution in [2.24, 2.45) is 0 Å². The van der Waals surface area contributed by atoms with Crippen LogP contribution in [0.25, 0.3) is 16.6 Å². The van der Waals surface area contributed by atoms with Crippen LogP contribution in [0.15, 0.2) is 47.6 Å². The number of hydrogen-bond acceptors (Lipinski definition) is 5. The van der Waals surface area contributed by atoms with E-state index in [0.29, 0.717) is 5.16 Å². The highest BCUT2D eigenvalue weighted by molar-refractivity contribution is 8.00. The summed E-state index contributed by atoms with van der Waals surface area (Å²) in [5, 5.41) is 13.4. The molecule has 1 atom stereocenters.